The number of thiazole rings is 1. The van der Waals surface area contributed by atoms with E-state index in [1.54, 1.807) is 0 Å². The van der Waals surface area contributed by atoms with Gasteiger partial charge in [-0.3, -0.25) is 4.79 Å². The van der Waals surface area contributed by atoms with Crippen molar-refractivity contribution in [3.05, 3.63) is 9.98 Å². The fraction of sp³-hybridized carbons (Fsp3) is 0.429. The van der Waals surface area contributed by atoms with Crippen molar-refractivity contribution in [2.45, 2.75) is 6.92 Å². The van der Waals surface area contributed by atoms with E-state index in [-0.39, 0.29) is 5.91 Å². The maximum absolute atomic E-state index is 10.5. The molecule has 0 atom stereocenters. The van der Waals surface area contributed by atoms with Gasteiger partial charge in [0.25, 0.3) is 0 Å². The molecule has 0 aliphatic carbocycles. The minimum absolute atomic E-state index is 0.0119. The number of carbonyl (C=O) groups excluding carboxylic acids is 1. The van der Waals surface area contributed by atoms with Crippen molar-refractivity contribution >= 4 is 38.3 Å². The van der Waals surface area contributed by atoms with Crippen LogP contribution in [0.25, 0.3) is 0 Å². The molecule has 1 rings (SSSR count). The van der Waals surface area contributed by atoms with Crippen LogP contribution in [0, 0.1) is 0 Å². The van der Waals surface area contributed by atoms with Gasteiger partial charge >= 0.3 is 0 Å². The molecule has 1 amide bonds. The molecule has 0 aliphatic rings. The summed E-state index contributed by atoms with van der Waals surface area (Å²) in [6.45, 7) is 2.81. The predicted octanol–water partition coefficient (Wildman–Crippen LogP) is 1.45. The number of halogens is 1. The molecule has 0 fully saturated rings. The van der Waals surface area contributed by atoms with E-state index in [9.17, 15) is 4.79 Å². The number of amides is 1. The summed E-state index contributed by atoms with van der Waals surface area (Å²) in [5.41, 5.74) is 0. The Morgan fingerprint density at radius 2 is 2.46 bits per heavy atom. The fourth-order valence-corrected chi connectivity index (χ4v) is 1.92. The smallest absolute Gasteiger partial charge is 0.216 e. The molecule has 0 radical (unpaired) electrons. The number of nitrogens with zero attached hydrogens (tertiary/aromatic N) is 1. The Balaban J connectivity index is 2.16. The average Bonchev–Trinajstić information content (AvgIpc) is 2.45. The van der Waals surface area contributed by atoms with Crippen LogP contribution < -0.4 is 10.6 Å². The summed E-state index contributed by atoms with van der Waals surface area (Å²) >= 11 is 4.78. The quantitative estimate of drug-likeness (QED) is 0.809. The van der Waals surface area contributed by atoms with Crippen molar-refractivity contribution in [1.29, 1.82) is 0 Å². The number of carbonyl (C=O) groups is 1. The SMILES string of the molecule is CC(=O)NCCNc1nc(Br)cs1. The molecule has 1 heterocycles. The molecule has 0 bridgehead atoms. The Morgan fingerprint density at radius 3 is 3.00 bits per heavy atom. The number of nitrogens with one attached hydrogen (secondary N) is 2. The topological polar surface area (TPSA) is 54.0 Å². The van der Waals surface area contributed by atoms with Crippen LogP contribution in [0.5, 0.6) is 0 Å². The Kier molecular flexibility index (Phi) is 4.17. The second-order valence-corrected chi connectivity index (χ2v) is 4.06. The van der Waals surface area contributed by atoms with E-state index in [0.717, 1.165) is 9.73 Å². The van der Waals surface area contributed by atoms with E-state index in [1.807, 2.05) is 5.38 Å². The van der Waals surface area contributed by atoms with Gasteiger partial charge in [0.15, 0.2) is 5.13 Å². The normalized spacial score (nSPS) is 9.69. The summed E-state index contributed by atoms with van der Waals surface area (Å²) in [5.74, 6) is -0.0119. The van der Waals surface area contributed by atoms with Crippen molar-refractivity contribution in [2.75, 3.05) is 18.4 Å². The van der Waals surface area contributed by atoms with E-state index >= 15 is 0 Å². The third-order valence-electron chi connectivity index (χ3n) is 1.25. The van der Waals surface area contributed by atoms with E-state index in [4.69, 9.17) is 0 Å². The second kappa shape index (κ2) is 5.18. The highest BCUT2D eigenvalue weighted by atomic mass is 79.9. The van der Waals surface area contributed by atoms with Gasteiger partial charge in [0.1, 0.15) is 4.60 Å². The molecule has 0 saturated heterocycles. The Hall–Kier alpha value is -0.620. The van der Waals surface area contributed by atoms with Crippen LogP contribution in [0.1, 0.15) is 6.92 Å². The molecule has 1 aromatic rings. The lowest BCUT2D eigenvalue weighted by atomic mass is 10.6. The summed E-state index contributed by atoms with van der Waals surface area (Å²) in [5, 5.41) is 8.53. The summed E-state index contributed by atoms with van der Waals surface area (Å²) < 4.78 is 0.833. The minimum atomic E-state index is -0.0119. The van der Waals surface area contributed by atoms with Crippen LogP contribution in [-0.4, -0.2) is 24.0 Å². The third-order valence-corrected chi connectivity index (χ3v) is 2.76. The molecule has 0 unspecified atom stereocenters. The zero-order valence-electron chi connectivity index (χ0n) is 7.13. The van der Waals surface area contributed by atoms with E-state index in [1.165, 1.54) is 18.3 Å². The first-order chi connectivity index (χ1) is 6.18. The Labute approximate surface area is 88.9 Å². The van der Waals surface area contributed by atoms with Gasteiger partial charge in [-0.15, -0.1) is 11.3 Å². The first-order valence-electron chi connectivity index (χ1n) is 3.78. The van der Waals surface area contributed by atoms with Crippen LogP contribution in [0.2, 0.25) is 0 Å². The van der Waals surface area contributed by atoms with Crippen LogP contribution in [0.4, 0.5) is 5.13 Å². The molecule has 6 heteroatoms. The van der Waals surface area contributed by atoms with Crippen molar-refractivity contribution in [3.63, 3.8) is 0 Å². The van der Waals surface area contributed by atoms with Crippen molar-refractivity contribution < 1.29 is 4.79 Å². The van der Waals surface area contributed by atoms with Gasteiger partial charge < -0.3 is 10.6 Å². The average molecular weight is 264 g/mol. The highest BCUT2D eigenvalue weighted by molar-refractivity contribution is 9.10. The van der Waals surface area contributed by atoms with Gasteiger partial charge in [-0.05, 0) is 15.9 Å². The Bertz CT molecular complexity index is 289. The maximum Gasteiger partial charge on any atom is 0.216 e. The zero-order chi connectivity index (χ0) is 9.68. The number of aromatic nitrogens is 1. The first-order valence-corrected chi connectivity index (χ1v) is 5.45. The molecule has 1 aromatic heterocycles. The number of rotatable bonds is 4. The number of anilines is 1. The second-order valence-electron chi connectivity index (χ2n) is 2.39. The van der Waals surface area contributed by atoms with Gasteiger partial charge in [0.2, 0.25) is 5.91 Å². The molecule has 0 aromatic carbocycles. The highest BCUT2D eigenvalue weighted by Gasteiger charge is 1.97. The fourth-order valence-electron chi connectivity index (χ4n) is 0.743. The zero-order valence-corrected chi connectivity index (χ0v) is 9.54. The molecular weight excluding hydrogens is 254 g/mol. The summed E-state index contributed by atoms with van der Waals surface area (Å²) in [6.07, 6.45) is 0. The van der Waals surface area contributed by atoms with E-state index < -0.39 is 0 Å². The van der Waals surface area contributed by atoms with Gasteiger partial charge in [-0.25, -0.2) is 4.98 Å². The van der Waals surface area contributed by atoms with Crippen LogP contribution in [0.15, 0.2) is 9.98 Å². The lowest BCUT2D eigenvalue weighted by Gasteiger charge is -2.02. The van der Waals surface area contributed by atoms with E-state index in [2.05, 4.69) is 31.5 Å². The number of hydrogen-bond donors (Lipinski definition) is 2. The largest absolute Gasteiger partial charge is 0.360 e. The van der Waals surface area contributed by atoms with Crippen LogP contribution >= 0.6 is 27.3 Å². The van der Waals surface area contributed by atoms with Crippen LogP contribution in [0.3, 0.4) is 0 Å². The van der Waals surface area contributed by atoms with Crippen molar-refractivity contribution in [1.82, 2.24) is 10.3 Å². The highest BCUT2D eigenvalue weighted by Crippen LogP contribution is 2.18. The van der Waals surface area contributed by atoms with Crippen LogP contribution in [-0.2, 0) is 4.79 Å². The monoisotopic (exact) mass is 263 g/mol. The van der Waals surface area contributed by atoms with Crippen molar-refractivity contribution in [2.24, 2.45) is 0 Å². The predicted molar refractivity (Wildman–Crippen MR) is 57.0 cm³/mol. The van der Waals surface area contributed by atoms with Crippen molar-refractivity contribution in [3.8, 4) is 0 Å². The molecule has 13 heavy (non-hydrogen) atoms. The Morgan fingerprint density at radius 1 is 1.69 bits per heavy atom. The van der Waals surface area contributed by atoms with Gasteiger partial charge in [-0.1, -0.05) is 0 Å². The lowest BCUT2D eigenvalue weighted by molar-refractivity contribution is -0.118. The standard InChI is InChI=1S/C7H10BrN3OS/c1-5(12)9-2-3-10-7-11-6(8)4-13-7/h4H,2-3H2,1H3,(H,9,12)(H,10,11). The van der Waals surface area contributed by atoms with Gasteiger partial charge in [0, 0.05) is 25.4 Å². The molecule has 4 nitrogen and oxygen atoms in total. The minimum Gasteiger partial charge on any atom is -0.360 e. The molecule has 0 aliphatic heterocycles. The molecule has 2 N–H and O–H groups in total. The molecule has 0 saturated carbocycles. The molecular formula is C7H10BrN3OS. The lowest BCUT2D eigenvalue weighted by Crippen LogP contribution is -2.26. The van der Waals surface area contributed by atoms with E-state index in [0.29, 0.717) is 13.1 Å². The van der Waals surface area contributed by atoms with Gasteiger partial charge in [-0.2, -0.15) is 0 Å². The summed E-state index contributed by atoms with van der Waals surface area (Å²) in [4.78, 5) is 14.6. The third kappa shape index (κ3) is 4.23. The first kappa shape index (κ1) is 10.5. The molecule has 0 spiro atoms. The summed E-state index contributed by atoms with van der Waals surface area (Å²) in [7, 11) is 0. The molecule has 72 valence electrons. The number of hydrogen-bond acceptors (Lipinski definition) is 4. The summed E-state index contributed by atoms with van der Waals surface area (Å²) in [6, 6.07) is 0. The maximum atomic E-state index is 10.5. The van der Waals surface area contributed by atoms with Gasteiger partial charge in [0.05, 0.1) is 0 Å².